The summed E-state index contributed by atoms with van der Waals surface area (Å²) in [6.07, 6.45) is 0.395. The van der Waals surface area contributed by atoms with Crippen molar-refractivity contribution in [2.24, 2.45) is 0 Å². The molecule has 1 amide bonds. The highest BCUT2D eigenvalue weighted by molar-refractivity contribution is 5.97. The Hall–Kier alpha value is -3.15. The summed E-state index contributed by atoms with van der Waals surface area (Å²) in [5.41, 5.74) is 5.23. The Balaban J connectivity index is 1.54. The third kappa shape index (κ3) is 3.38. The van der Waals surface area contributed by atoms with E-state index in [1.807, 2.05) is 67.2 Å². The summed E-state index contributed by atoms with van der Waals surface area (Å²) < 4.78 is 5.47. The standard InChI is InChI=1S/C22H24N4O2/c1-14-5-10-19(15(2)11-14)26-13-17(12-20(26)27)21-23-22(28-24-21)16-6-8-18(9-7-16)25(3)4/h5-11,17H,12-13H2,1-4H3. The van der Waals surface area contributed by atoms with Gasteiger partial charge in [0.1, 0.15) is 0 Å². The molecule has 1 saturated heterocycles. The quantitative estimate of drug-likeness (QED) is 0.690. The fourth-order valence-corrected chi connectivity index (χ4v) is 3.64. The summed E-state index contributed by atoms with van der Waals surface area (Å²) in [6.45, 7) is 4.66. The molecule has 1 unspecified atom stereocenters. The molecule has 1 atom stereocenters. The summed E-state index contributed by atoms with van der Waals surface area (Å²) in [5, 5.41) is 4.16. The zero-order valence-electron chi connectivity index (χ0n) is 16.6. The SMILES string of the molecule is Cc1ccc(N2CC(c3noc(-c4ccc(N(C)C)cc4)n3)CC2=O)c(C)c1. The number of nitrogens with zero attached hydrogens (tertiary/aromatic N) is 4. The largest absolute Gasteiger partial charge is 0.378 e. The van der Waals surface area contributed by atoms with Crippen molar-refractivity contribution in [3.05, 3.63) is 59.4 Å². The van der Waals surface area contributed by atoms with Crippen LogP contribution in [0.15, 0.2) is 47.0 Å². The van der Waals surface area contributed by atoms with E-state index in [0.717, 1.165) is 22.5 Å². The molecule has 3 aromatic rings. The van der Waals surface area contributed by atoms with Crippen LogP contribution in [-0.2, 0) is 4.79 Å². The molecule has 0 saturated carbocycles. The Morgan fingerprint density at radius 3 is 2.54 bits per heavy atom. The lowest BCUT2D eigenvalue weighted by Gasteiger charge is -2.19. The van der Waals surface area contributed by atoms with Crippen LogP contribution in [0.25, 0.3) is 11.5 Å². The number of amides is 1. The summed E-state index contributed by atoms with van der Waals surface area (Å²) in [5.74, 6) is 1.11. The van der Waals surface area contributed by atoms with Gasteiger partial charge in [-0.15, -0.1) is 0 Å². The first kappa shape index (κ1) is 18.2. The van der Waals surface area contributed by atoms with Crippen LogP contribution in [0, 0.1) is 13.8 Å². The molecule has 1 aromatic heterocycles. The fraction of sp³-hybridized carbons (Fsp3) is 0.318. The van der Waals surface area contributed by atoms with Crippen molar-refractivity contribution in [1.29, 1.82) is 0 Å². The number of hydrogen-bond acceptors (Lipinski definition) is 5. The average molecular weight is 376 g/mol. The second-order valence-corrected chi connectivity index (χ2v) is 7.59. The van der Waals surface area contributed by atoms with E-state index in [2.05, 4.69) is 23.1 Å². The third-order valence-corrected chi connectivity index (χ3v) is 5.21. The highest BCUT2D eigenvalue weighted by Gasteiger charge is 2.35. The smallest absolute Gasteiger partial charge is 0.257 e. The van der Waals surface area contributed by atoms with E-state index in [-0.39, 0.29) is 11.8 Å². The van der Waals surface area contributed by atoms with Crippen LogP contribution in [0.1, 0.15) is 29.3 Å². The Morgan fingerprint density at radius 2 is 1.86 bits per heavy atom. The second-order valence-electron chi connectivity index (χ2n) is 7.59. The summed E-state index contributed by atoms with van der Waals surface area (Å²) in [4.78, 5) is 21.0. The first-order chi connectivity index (χ1) is 13.4. The van der Waals surface area contributed by atoms with Crippen molar-refractivity contribution < 1.29 is 9.32 Å². The van der Waals surface area contributed by atoms with Gasteiger partial charge in [-0.25, -0.2) is 0 Å². The van der Waals surface area contributed by atoms with Gasteiger partial charge < -0.3 is 14.3 Å². The van der Waals surface area contributed by atoms with Crippen LogP contribution in [0.4, 0.5) is 11.4 Å². The number of aromatic nitrogens is 2. The van der Waals surface area contributed by atoms with E-state index >= 15 is 0 Å². The van der Waals surface area contributed by atoms with Crippen LogP contribution < -0.4 is 9.80 Å². The molecule has 1 aliphatic heterocycles. The molecule has 0 bridgehead atoms. The lowest BCUT2D eigenvalue weighted by atomic mass is 10.1. The number of benzene rings is 2. The average Bonchev–Trinajstić information content (AvgIpc) is 3.29. The van der Waals surface area contributed by atoms with Crippen LogP contribution in [0.2, 0.25) is 0 Å². The molecule has 6 nitrogen and oxygen atoms in total. The topological polar surface area (TPSA) is 62.5 Å². The van der Waals surface area contributed by atoms with E-state index in [1.54, 1.807) is 0 Å². The van der Waals surface area contributed by atoms with Crippen molar-refractivity contribution in [2.75, 3.05) is 30.4 Å². The van der Waals surface area contributed by atoms with Crippen molar-refractivity contribution >= 4 is 17.3 Å². The molecule has 6 heteroatoms. The minimum Gasteiger partial charge on any atom is -0.378 e. The maximum atomic E-state index is 12.6. The molecule has 0 N–H and O–H groups in total. The zero-order valence-corrected chi connectivity index (χ0v) is 16.6. The Kier molecular flexibility index (Phi) is 4.63. The molecule has 0 spiro atoms. The molecular formula is C22H24N4O2. The maximum absolute atomic E-state index is 12.6. The second kappa shape index (κ2) is 7.11. The Bertz CT molecular complexity index is 1010. The van der Waals surface area contributed by atoms with Gasteiger partial charge in [0.2, 0.25) is 5.91 Å². The molecule has 1 fully saturated rings. The van der Waals surface area contributed by atoms with Crippen LogP contribution in [0.5, 0.6) is 0 Å². The molecular weight excluding hydrogens is 352 g/mol. The van der Waals surface area contributed by atoms with Gasteiger partial charge in [-0.3, -0.25) is 4.79 Å². The van der Waals surface area contributed by atoms with E-state index in [0.29, 0.717) is 24.7 Å². The van der Waals surface area contributed by atoms with Gasteiger partial charge in [-0.1, -0.05) is 22.9 Å². The molecule has 28 heavy (non-hydrogen) atoms. The van der Waals surface area contributed by atoms with Gasteiger partial charge in [-0.2, -0.15) is 4.98 Å². The van der Waals surface area contributed by atoms with Gasteiger partial charge in [-0.05, 0) is 49.7 Å². The number of aryl methyl sites for hydroxylation is 2. The Labute approximate surface area is 164 Å². The van der Waals surface area contributed by atoms with Gasteiger partial charge in [0.15, 0.2) is 5.82 Å². The predicted molar refractivity (Wildman–Crippen MR) is 110 cm³/mol. The molecule has 144 valence electrons. The number of rotatable bonds is 4. The van der Waals surface area contributed by atoms with Crippen LogP contribution in [0.3, 0.4) is 0 Å². The minimum atomic E-state index is -0.0632. The normalized spacial score (nSPS) is 16.6. The highest BCUT2D eigenvalue weighted by atomic mass is 16.5. The molecule has 0 radical (unpaired) electrons. The van der Waals surface area contributed by atoms with Crippen molar-refractivity contribution in [3.63, 3.8) is 0 Å². The molecule has 2 aromatic carbocycles. The highest BCUT2D eigenvalue weighted by Crippen LogP contribution is 2.33. The number of anilines is 2. The lowest BCUT2D eigenvalue weighted by molar-refractivity contribution is -0.117. The minimum absolute atomic E-state index is 0.0632. The first-order valence-electron chi connectivity index (χ1n) is 9.41. The van der Waals surface area contributed by atoms with Gasteiger partial charge in [0.25, 0.3) is 5.89 Å². The van der Waals surface area contributed by atoms with E-state index in [1.165, 1.54) is 5.56 Å². The molecule has 2 heterocycles. The third-order valence-electron chi connectivity index (χ3n) is 5.21. The van der Waals surface area contributed by atoms with Crippen LogP contribution in [-0.4, -0.2) is 36.7 Å². The van der Waals surface area contributed by atoms with Crippen molar-refractivity contribution in [1.82, 2.24) is 10.1 Å². The number of carbonyl (C=O) groups is 1. The van der Waals surface area contributed by atoms with E-state index in [9.17, 15) is 4.79 Å². The number of hydrogen-bond donors (Lipinski definition) is 0. The maximum Gasteiger partial charge on any atom is 0.257 e. The lowest BCUT2D eigenvalue weighted by Crippen LogP contribution is -2.25. The molecule has 1 aliphatic rings. The van der Waals surface area contributed by atoms with Crippen molar-refractivity contribution in [3.8, 4) is 11.5 Å². The van der Waals surface area contributed by atoms with E-state index < -0.39 is 0 Å². The van der Waals surface area contributed by atoms with Gasteiger partial charge >= 0.3 is 0 Å². The summed E-state index contributed by atoms with van der Waals surface area (Å²) >= 11 is 0. The first-order valence-corrected chi connectivity index (χ1v) is 9.41. The predicted octanol–water partition coefficient (Wildman–Crippen LogP) is 3.94. The van der Waals surface area contributed by atoms with Gasteiger partial charge in [0.05, 0.1) is 0 Å². The summed E-state index contributed by atoms with van der Waals surface area (Å²) in [7, 11) is 4.00. The number of carbonyl (C=O) groups excluding carboxylic acids is 1. The Morgan fingerprint density at radius 1 is 1.11 bits per heavy atom. The van der Waals surface area contributed by atoms with Crippen LogP contribution >= 0.6 is 0 Å². The monoisotopic (exact) mass is 376 g/mol. The zero-order chi connectivity index (χ0) is 19.8. The molecule has 4 rings (SSSR count). The van der Waals surface area contributed by atoms with Crippen molar-refractivity contribution in [2.45, 2.75) is 26.2 Å². The molecule has 0 aliphatic carbocycles. The fourth-order valence-electron chi connectivity index (χ4n) is 3.64. The van der Waals surface area contributed by atoms with E-state index in [4.69, 9.17) is 4.52 Å². The van der Waals surface area contributed by atoms with Gasteiger partial charge in [0, 0.05) is 49.9 Å². The summed E-state index contributed by atoms with van der Waals surface area (Å²) in [6, 6.07) is 14.1.